The largest absolute Gasteiger partial charge is 0.481 e. The van der Waals surface area contributed by atoms with Crippen molar-refractivity contribution in [2.75, 3.05) is 37.7 Å². The Morgan fingerprint density at radius 1 is 1.08 bits per heavy atom. The van der Waals surface area contributed by atoms with Gasteiger partial charge in [0.25, 0.3) is 0 Å². The maximum absolute atomic E-state index is 15.1. The first kappa shape index (κ1) is 39.2. The van der Waals surface area contributed by atoms with E-state index in [-0.39, 0.29) is 41.1 Å². The second-order valence-corrected chi connectivity index (χ2v) is 15.5. The highest BCUT2D eigenvalue weighted by atomic mass is 32.2. The van der Waals surface area contributed by atoms with Crippen molar-refractivity contribution in [2.24, 2.45) is 23.0 Å². The summed E-state index contributed by atoms with van der Waals surface area (Å²) in [7, 11) is 0. The second kappa shape index (κ2) is 18.6. The Morgan fingerprint density at radius 2 is 1.84 bits per heavy atom. The summed E-state index contributed by atoms with van der Waals surface area (Å²) >= 11 is 1.24. The highest BCUT2D eigenvalue weighted by Crippen LogP contribution is 2.42. The van der Waals surface area contributed by atoms with E-state index in [4.69, 9.17) is 5.73 Å². The van der Waals surface area contributed by atoms with E-state index in [1.165, 1.54) is 17.8 Å². The zero-order chi connectivity index (χ0) is 36.3. The third-order valence-electron chi connectivity index (χ3n) is 9.24. The number of carboxylic acids is 1. The van der Waals surface area contributed by atoms with Gasteiger partial charge in [0.2, 0.25) is 5.91 Å². The fraction of sp³-hybridized carbons (Fsp3) is 0.513. The standard InChI is InChI=1S/C39H52F2N4O4S/c1-39(2,3)37(35-19-29(33-20-31(40)13-14-34(33)41)24-44(35)22-27-10-6-4-7-11-27)45(23-28-15-17-43-21-28)36(47)26-50-25-30(38(48)49)18-32(46)12-8-5-9-16-42/h4,6-7,10-11,13-14,19-20,24,28,30,37,43H,5,8-9,12,15-18,21-23,25-26,42H2,1-3H3,(H,48,49)/t28?,30-,37-/m0/s1. The minimum Gasteiger partial charge on any atom is -0.481 e. The SMILES string of the molecule is CC(C)(C)[C@H](c1cc(-c2cc(F)ccc2F)cn1Cc1ccccc1)N(CC1CCNC1)C(=O)CSC[C@H](CC(=O)CCCCCN)C(=O)O. The van der Waals surface area contributed by atoms with E-state index >= 15 is 4.39 Å². The molecule has 0 spiro atoms. The molecule has 3 atom stereocenters. The highest BCUT2D eigenvalue weighted by molar-refractivity contribution is 7.99. The highest BCUT2D eigenvalue weighted by Gasteiger charge is 2.38. The lowest BCUT2D eigenvalue weighted by molar-refractivity contribution is -0.143. The molecule has 1 unspecified atom stereocenters. The molecule has 1 aliphatic heterocycles. The van der Waals surface area contributed by atoms with Gasteiger partial charge in [-0.2, -0.15) is 11.8 Å². The lowest BCUT2D eigenvalue weighted by atomic mass is 9.82. The molecule has 3 aromatic rings. The number of halogens is 2. The molecular formula is C39H52F2N4O4S. The maximum Gasteiger partial charge on any atom is 0.307 e. The van der Waals surface area contributed by atoms with Crippen LogP contribution in [0, 0.1) is 28.9 Å². The summed E-state index contributed by atoms with van der Waals surface area (Å²) in [6, 6.07) is 14.7. The molecule has 50 heavy (non-hydrogen) atoms. The van der Waals surface area contributed by atoms with Crippen molar-refractivity contribution in [3.8, 4) is 11.1 Å². The molecule has 1 amide bonds. The lowest BCUT2D eigenvalue weighted by Crippen LogP contribution is -2.45. The van der Waals surface area contributed by atoms with Gasteiger partial charge in [0.15, 0.2) is 0 Å². The van der Waals surface area contributed by atoms with Gasteiger partial charge in [-0.1, -0.05) is 57.5 Å². The quantitative estimate of drug-likeness (QED) is 0.116. The number of carbonyl (C=O) groups is 3. The van der Waals surface area contributed by atoms with E-state index in [0.717, 1.165) is 55.7 Å². The number of carboxylic acid groups (broad SMARTS) is 1. The molecule has 0 bridgehead atoms. The van der Waals surface area contributed by atoms with Crippen molar-refractivity contribution in [3.63, 3.8) is 0 Å². The molecule has 1 saturated heterocycles. The van der Waals surface area contributed by atoms with Gasteiger partial charge in [-0.15, -0.1) is 0 Å². The number of rotatable bonds is 19. The summed E-state index contributed by atoms with van der Waals surface area (Å²) in [6.07, 6.45) is 5.36. The predicted molar refractivity (Wildman–Crippen MR) is 196 cm³/mol. The summed E-state index contributed by atoms with van der Waals surface area (Å²) in [4.78, 5) is 40.9. The number of ketones is 1. The van der Waals surface area contributed by atoms with E-state index in [2.05, 4.69) is 26.1 Å². The van der Waals surface area contributed by atoms with Gasteiger partial charge in [0.05, 0.1) is 17.7 Å². The molecule has 1 aliphatic rings. The summed E-state index contributed by atoms with van der Waals surface area (Å²) in [5, 5.41) is 13.3. The lowest BCUT2D eigenvalue weighted by Gasteiger charge is -2.42. The topological polar surface area (TPSA) is 118 Å². The summed E-state index contributed by atoms with van der Waals surface area (Å²) in [5.74, 6) is -2.82. The van der Waals surface area contributed by atoms with Crippen LogP contribution in [0.1, 0.15) is 76.6 Å². The Balaban J connectivity index is 1.65. The molecule has 2 aromatic carbocycles. The summed E-state index contributed by atoms with van der Waals surface area (Å²) in [5.41, 5.74) is 7.54. The average molecular weight is 711 g/mol. The van der Waals surface area contributed by atoms with Gasteiger partial charge in [-0.3, -0.25) is 14.4 Å². The number of hydrogen-bond donors (Lipinski definition) is 3. The molecule has 4 rings (SSSR count). The number of aliphatic carboxylic acids is 1. The van der Waals surface area contributed by atoms with Crippen LogP contribution < -0.4 is 11.1 Å². The van der Waals surface area contributed by atoms with Crippen LogP contribution in [0.5, 0.6) is 0 Å². The third-order valence-corrected chi connectivity index (χ3v) is 10.3. The summed E-state index contributed by atoms with van der Waals surface area (Å²) < 4.78 is 31.5. The van der Waals surface area contributed by atoms with Crippen LogP contribution in [-0.4, -0.2) is 69.9 Å². The zero-order valence-corrected chi connectivity index (χ0v) is 30.3. The number of amides is 1. The van der Waals surface area contributed by atoms with Crippen LogP contribution in [0.25, 0.3) is 11.1 Å². The number of unbranched alkanes of at least 4 members (excludes halogenated alkanes) is 2. The van der Waals surface area contributed by atoms with Gasteiger partial charge >= 0.3 is 5.97 Å². The molecule has 8 nitrogen and oxygen atoms in total. The number of thioether (sulfide) groups is 1. The van der Waals surface area contributed by atoms with Gasteiger partial charge in [0.1, 0.15) is 17.4 Å². The van der Waals surface area contributed by atoms with Gasteiger partial charge in [-0.25, -0.2) is 8.78 Å². The monoisotopic (exact) mass is 710 g/mol. The number of nitrogens with two attached hydrogens (primary N) is 1. The maximum atomic E-state index is 15.1. The number of carbonyl (C=O) groups excluding carboxylic acids is 2. The van der Waals surface area contributed by atoms with Crippen molar-refractivity contribution in [3.05, 3.63) is 83.7 Å². The Hall–Kier alpha value is -3.54. The number of hydrogen-bond acceptors (Lipinski definition) is 6. The number of benzene rings is 2. The molecule has 272 valence electrons. The third kappa shape index (κ3) is 11.2. The van der Waals surface area contributed by atoms with Gasteiger partial charge in [-0.05, 0) is 80.1 Å². The van der Waals surface area contributed by atoms with Crippen molar-refractivity contribution in [2.45, 2.75) is 71.9 Å². The van der Waals surface area contributed by atoms with Crippen molar-refractivity contribution in [1.82, 2.24) is 14.8 Å². The Morgan fingerprint density at radius 3 is 2.50 bits per heavy atom. The predicted octanol–water partition coefficient (Wildman–Crippen LogP) is 6.92. The van der Waals surface area contributed by atoms with Gasteiger partial charge in [0, 0.05) is 54.7 Å². The first-order valence-corrected chi connectivity index (χ1v) is 18.7. The van der Waals surface area contributed by atoms with Crippen LogP contribution in [-0.2, 0) is 20.9 Å². The Bertz CT molecular complexity index is 1570. The first-order chi connectivity index (χ1) is 23.9. The smallest absolute Gasteiger partial charge is 0.307 e. The minimum absolute atomic E-state index is 0.0476. The normalized spacial score (nSPS) is 15.9. The Kier molecular flexibility index (Phi) is 14.6. The van der Waals surface area contributed by atoms with Crippen molar-refractivity contribution < 1.29 is 28.3 Å². The number of Topliss-reactive ketones (excluding diaryl/α,β-unsaturated/α-hetero) is 1. The van der Waals surface area contributed by atoms with Crippen LogP contribution >= 0.6 is 11.8 Å². The number of nitrogens with one attached hydrogen (secondary N) is 1. The van der Waals surface area contributed by atoms with Gasteiger partial charge < -0.3 is 25.6 Å². The minimum atomic E-state index is -1.04. The van der Waals surface area contributed by atoms with Crippen molar-refractivity contribution >= 4 is 29.4 Å². The first-order valence-electron chi connectivity index (χ1n) is 17.6. The molecular weight excluding hydrogens is 659 g/mol. The fourth-order valence-corrected chi connectivity index (χ4v) is 7.72. The number of aromatic nitrogens is 1. The Labute approximate surface area is 299 Å². The molecule has 2 heterocycles. The molecule has 0 radical (unpaired) electrons. The molecule has 1 aromatic heterocycles. The summed E-state index contributed by atoms with van der Waals surface area (Å²) in [6.45, 7) is 9.34. The van der Waals surface area contributed by atoms with E-state index in [0.29, 0.717) is 38.0 Å². The fourth-order valence-electron chi connectivity index (χ4n) is 6.72. The van der Waals surface area contributed by atoms with Crippen molar-refractivity contribution in [1.29, 1.82) is 0 Å². The molecule has 0 saturated carbocycles. The zero-order valence-electron chi connectivity index (χ0n) is 29.5. The van der Waals surface area contributed by atoms with E-state index in [9.17, 15) is 23.9 Å². The van der Waals surface area contributed by atoms with E-state index in [1.54, 1.807) is 0 Å². The van der Waals surface area contributed by atoms with Crippen LogP contribution in [0.3, 0.4) is 0 Å². The van der Waals surface area contributed by atoms with E-state index in [1.807, 2.05) is 52.1 Å². The molecule has 4 N–H and O–H groups in total. The molecule has 11 heteroatoms. The average Bonchev–Trinajstić information content (AvgIpc) is 3.73. The van der Waals surface area contributed by atoms with Crippen LogP contribution in [0.15, 0.2) is 60.8 Å². The van der Waals surface area contributed by atoms with E-state index < -0.39 is 35.0 Å². The van der Waals surface area contributed by atoms with Crippen LogP contribution in [0.4, 0.5) is 8.78 Å². The second-order valence-electron chi connectivity index (χ2n) is 14.5. The number of nitrogens with zero attached hydrogens (tertiary/aromatic N) is 2. The van der Waals surface area contributed by atoms with Crippen LogP contribution in [0.2, 0.25) is 0 Å². The molecule has 0 aliphatic carbocycles. The molecule has 1 fully saturated rings.